The quantitative estimate of drug-likeness (QED) is 0.776. The van der Waals surface area contributed by atoms with Crippen LogP contribution in [0.1, 0.15) is 19.2 Å². The summed E-state index contributed by atoms with van der Waals surface area (Å²) >= 11 is 3.46. The van der Waals surface area contributed by atoms with Gasteiger partial charge in [0.25, 0.3) is 0 Å². The maximum absolute atomic E-state index is 4.66. The van der Waals surface area contributed by atoms with Gasteiger partial charge in [-0.15, -0.1) is 0 Å². The second-order valence-electron chi connectivity index (χ2n) is 3.55. The molecule has 0 spiro atoms. The number of aromatic nitrogens is 2. The normalized spacial score (nSPS) is 11.1. The zero-order chi connectivity index (χ0) is 10.7. The molecule has 0 amide bonds. The molecule has 2 rings (SSSR count). The van der Waals surface area contributed by atoms with Crippen LogP contribution in [0.15, 0.2) is 24.3 Å². The molecule has 0 saturated heterocycles. The van der Waals surface area contributed by atoms with Gasteiger partial charge >= 0.3 is 0 Å². The Labute approximate surface area is 98.4 Å². The van der Waals surface area contributed by atoms with Gasteiger partial charge in [-0.05, 0) is 25.5 Å². The van der Waals surface area contributed by atoms with E-state index in [-0.39, 0.29) is 0 Å². The van der Waals surface area contributed by atoms with Crippen molar-refractivity contribution in [3.63, 3.8) is 0 Å². The van der Waals surface area contributed by atoms with Crippen LogP contribution in [0.5, 0.6) is 0 Å². The van der Waals surface area contributed by atoms with Crippen LogP contribution < -0.4 is 0 Å². The molecule has 0 aliphatic heterocycles. The van der Waals surface area contributed by atoms with Gasteiger partial charge in [0.15, 0.2) is 0 Å². The SMILES string of the molecule is CCn1c(CCCBr)nc2ccccc21. The van der Waals surface area contributed by atoms with E-state index < -0.39 is 0 Å². The summed E-state index contributed by atoms with van der Waals surface area (Å²) in [5.74, 6) is 1.21. The van der Waals surface area contributed by atoms with Crippen molar-refractivity contribution in [2.45, 2.75) is 26.3 Å². The lowest BCUT2D eigenvalue weighted by molar-refractivity contribution is 0.703. The predicted octanol–water partition coefficient (Wildman–Crippen LogP) is 3.38. The van der Waals surface area contributed by atoms with Crippen LogP contribution in [-0.2, 0) is 13.0 Å². The second-order valence-corrected chi connectivity index (χ2v) is 4.35. The molecule has 0 unspecified atom stereocenters. The van der Waals surface area contributed by atoms with Crippen molar-refractivity contribution in [2.24, 2.45) is 0 Å². The summed E-state index contributed by atoms with van der Waals surface area (Å²) in [7, 11) is 0. The fraction of sp³-hybridized carbons (Fsp3) is 0.417. The molecule has 1 aromatic carbocycles. The molecule has 0 aliphatic rings. The van der Waals surface area contributed by atoms with Gasteiger partial charge in [0.05, 0.1) is 11.0 Å². The first-order valence-electron chi connectivity index (χ1n) is 5.37. The Bertz CT molecular complexity index is 448. The van der Waals surface area contributed by atoms with E-state index in [0.717, 1.165) is 30.2 Å². The molecule has 2 aromatic rings. The minimum atomic E-state index is 0.998. The van der Waals surface area contributed by atoms with Crippen LogP contribution in [0, 0.1) is 0 Å². The molecule has 2 nitrogen and oxygen atoms in total. The van der Waals surface area contributed by atoms with Crippen LogP contribution in [0.3, 0.4) is 0 Å². The maximum atomic E-state index is 4.66. The number of nitrogens with zero attached hydrogens (tertiary/aromatic N) is 2. The molecule has 1 heterocycles. The van der Waals surface area contributed by atoms with Gasteiger partial charge in [-0.1, -0.05) is 28.1 Å². The molecule has 0 aliphatic carbocycles. The minimum Gasteiger partial charge on any atom is -0.328 e. The van der Waals surface area contributed by atoms with Crippen molar-refractivity contribution in [2.75, 3.05) is 5.33 Å². The first-order chi connectivity index (χ1) is 7.36. The summed E-state index contributed by atoms with van der Waals surface area (Å²) in [6, 6.07) is 8.34. The van der Waals surface area contributed by atoms with Crippen molar-refractivity contribution < 1.29 is 0 Å². The lowest BCUT2D eigenvalue weighted by Gasteiger charge is -2.04. The van der Waals surface area contributed by atoms with E-state index >= 15 is 0 Å². The van der Waals surface area contributed by atoms with Gasteiger partial charge in [-0.3, -0.25) is 0 Å². The maximum Gasteiger partial charge on any atom is 0.109 e. The molecule has 0 saturated carbocycles. The summed E-state index contributed by atoms with van der Waals surface area (Å²) in [6.45, 7) is 3.17. The highest BCUT2D eigenvalue weighted by Crippen LogP contribution is 2.16. The Morgan fingerprint density at radius 3 is 2.87 bits per heavy atom. The van der Waals surface area contributed by atoms with Crippen LogP contribution >= 0.6 is 15.9 Å². The van der Waals surface area contributed by atoms with E-state index in [0.29, 0.717) is 0 Å². The number of halogens is 1. The molecule has 15 heavy (non-hydrogen) atoms. The first-order valence-corrected chi connectivity index (χ1v) is 6.49. The van der Waals surface area contributed by atoms with E-state index in [9.17, 15) is 0 Å². The third-order valence-electron chi connectivity index (χ3n) is 2.58. The van der Waals surface area contributed by atoms with Crippen molar-refractivity contribution >= 4 is 27.0 Å². The van der Waals surface area contributed by atoms with E-state index in [1.54, 1.807) is 0 Å². The van der Waals surface area contributed by atoms with Crippen molar-refractivity contribution in [1.82, 2.24) is 9.55 Å². The van der Waals surface area contributed by atoms with Gasteiger partial charge in [0.2, 0.25) is 0 Å². The van der Waals surface area contributed by atoms with Crippen LogP contribution in [-0.4, -0.2) is 14.9 Å². The highest BCUT2D eigenvalue weighted by molar-refractivity contribution is 9.09. The fourth-order valence-electron chi connectivity index (χ4n) is 1.89. The third kappa shape index (κ3) is 2.07. The Morgan fingerprint density at radius 1 is 1.33 bits per heavy atom. The number of hydrogen-bond donors (Lipinski definition) is 0. The average Bonchev–Trinajstić information content (AvgIpc) is 2.63. The number of benzene rings is 1. The van der Waals surface area contributed by atoms with Crippen LogP contribution in [0.2, 0.25) is 0 Å². The second kappa shape index (κ2) is 4.79. The Kier molecular flexibility index (Phi) is 3.41. The average molecular weight is 267 g/mol. The lowest BCUT2D eigenvalue weighted by atomic mass is 10.3. The van der Waals surface area contributed by atoms with Crippen molar-refractivity contribution in [1.29, 1.82) is 0 Å². The Hall–Kier alpha value is -0.830. The topological polar surface area (TPSA) is 17.8 Å². The van der Waals surface area contributed by atoms with Gasteiger partial charge in [-0.25, -0.2) is 4.98 Å². The standard InChI is InChI=1S/C12H15BrN2/c1-2-15-11-7-4-3-6-10(11)14-12(15)8-5-9-13/h3-4,6-7H,2,5,8-9H2,1H3. The molecule has 0 atom stereocenters. The van der Waals surface area contributed by atoms with Crippen molar-refractivity contribution in [3.05, 3.63) is 30.1 Å². The summed E-state index contributed by atoms with van der Waals surface area (Å²) in [5.41, 5.74) is 2.37. The molecular weight excluding hydrogens is 252 g/mol. The fourth-order valence-corrected chi connectivity index (χ4v) is 2.17. The molecule has 80 valence electrons. The van der Waals surface area contributed by atoms with Gasteiger partial charge in [0.1, 0.15) is 5.82 Å². The van der Waals surface area contributed by atoms with Gasteiger partial charge in [0, 0.05) is 18.3 Å². The van der Waals surface area contributed by atoms with Gasteiger partial charge in [-0.2, -0.15) is 0 Å². The number of alkyl halides is 1. The predicted molar refractivity (Wildman–Crippen MR) is 67.5 cm³/mol. The summed E-state index contributed by atoms with van der Waals surface area (Å²) < 4.78 is 2.30. The third-order valence-corrected chi connectivity index (χ3v) is 3.14. The molecule has 0 N–H and O–H groups in total. The zero-order valence-corrected chi connectivity index (χ0v) is 10.5. The molecular formula is C12H15BrN2. The molecule has 0 bridgehead atoms. The van der Waals surface area contributed by atoms with E-state index in [2.05, 4.69) is 50.6 Å². The van der Waals surface area contributed by atoms with Crippen LogP contribution in [0.4, 0.5) is 0 Å². The number of fused-ring (bicyclic) bond motifs is 1. The molecule has 3 heteroatoms. The van der Waals surface area contributed by atoms with E-state index in [4.69, 9.17) is 0 Å². The zero-order valence-electron chi connectivity index (χ0n) is 8.91. The molecule has 0 fully saturated rings. The minimum absolute atomic E-state index is 0.998. The Morgan fingerprint density at radius 2 is 2.13 bits per heavy atom. The largest absolute Gasteiger partial charge is 0.328 e. The Balaban J connectivity index is 2.44. The number of aryl methyl sites for hydroxylation is 2. The summed E-state index contributed by atoms with van der Waals surface area (Å²) in [5, 5.41) is 1.04. The summed E-state index contributed by atoms with van der Waals surface area (Å²) in [6.07, 6.45) is 2.19. The van der Waals surface area contributed by atoms with E-state index in [1.165, 1.54) is 11.3 Å². The van der Waals surface area contributed by atoms with Crippen molar-refractivity contribution in [3.8, 4) is 0 Å². The molecule has 1 aromatic heterocycles. The number of hydrogen-bond acceptors (Lipinski definition) is 1. The smallest absolute Gasteiger partial charge is 0.109 e. The monoisotopic (exact) mass is 266 g/mol. The first kappa shape index (κ1) is 10.7. The summed E-state index contributed by atoms with van der Waals surface area (Å²) in [4.78, 5) is 4.66. The van der Waals surface area contributed by atoms with Crippen LogP contribution in [0.25, 0.3) is 11.0 Å². The highest BCUT2D eigenvalue weighted by Gasteiger charge is 2.07. The van der Waals surface area contributed by atoms with E-state index in [1.807, 2.05) is 6.07 Å². The number of para-hydroxylation sites is 2. The number of imidazole rings is 1. The van der Waals surface area contributed by atoms with Gasteiger partial charge < -0.3 is 4.57 Å². The highest BCUT2D eigenvalue weighted by atomic mass is 79.9. The number of rotatable bonds is 4. The molecule has 0 radical (unpaired) electrons. The lowest BCUT2D eigenvalue weighted by Crippen LogP contribution is -2.01.